The third kappa shape index (κ3) is 3.25. The van der Waals surface area contributed by atoms with Crippen LogP contribution in [-0.4, -0.2) is 47.5 Å². The van der Waals surface area contributed by atoms with Crippen molar-refractivity contribution in [2.45, 2.75) is 51.5 Å². The van der Waals surface area contributed by atoms with Gasteiger partial charge < -0.3 is 9.64 Å². The summed E-state index contributed by atoms with van der Waals surface area (Å²) in [5.74, 6) is 0.787. The van der Waals surface area contributed by atoms with Crippen LogP contribution in [0.25, 0.3) is 0 Å². The molecule has 2 heterocycles. The lowest BCUT2D eigenvalue weighted by atomic mass is 9.87. The van der Waals surface area contributed by atoms with E-state index in [1.165, 1.54) is 10.5 Å². The van der Waals surface area contributed by atoms with E-state index in [4.69, 9.17) is 4.74 Å². The first-order chi connectivity index (χ1) is 11.4. The van der Waals surface area contributed by atoms with E-state index >= 15 is 0 Å². The summed E-state index contributed by atoms with van der Waals surface area (Å²) in [4.78, 5) is 27.5. The van der Waals surface area contributed by atoms with E-state index < -0.39 is 0 Å². The third-order valence-corrected chi connectivity index (χ3v) is 4.80. The molecule has 3 amide bonds. The average molecular weight is 330 g/mol. The first kappa shape index (κ1) is 16.8. The fraction of sp³-hybridized carbons (Fsp3) is 0.579. The van der Waals surface area contributed by atoms with Gasteiger partial charge in [-0.15, -0.1) is 0 Å². The van der Waals surface area contributed by atoms with E-state index in [0.29, 0.717) is 26.1 Å². The van der Waals surface area contributed by atoms with Crippen LogP contribution in [0.5, 0.6) is 5.75 Å². The van der Waals surface area contributed by atoms with Gasteiger partial charge in [0.25, 0.3) is 5.91 Å². The monoisotopic (exact) mass is 330 g/mol. The number of benzene rings is 1. The van der Waals surface area contributed by atoms with Crippen molar-refractivity contribution >= 4 is 11.9 Å². The summed E-state index contributed by atoms with van der Waals surface area (Å²) in [5.41, 5.74) is 1.39. The number of carbonyl (C=O) groups is 2. The van der Waals surface area contributed by atoms with Crippen LogP contribution in [0, 0.1) is 0 Å². The number of hydrogen-bond donors (Lipinski definition) is 0. The number of nitrogens with zero attached hydrogens (tertiary/aromatic N) is 2. The molecule has 3 rings (SSSR count). The van der Waals surface area contributed by atoms with Gasteiger partial charge >= 0.3 is 6.03 Å². The van der Waals surface area contributed by atoms with Crippen LogP contribution in [0.4, 0.5) is 4.79 Å². The minimum absolute atomic E-state index is 0.0352. The Morgan fingerprint density at radius 1 is 1.17 bits per heavy atom. The van der Waals surface area contributed by atoms with E-state index in [9.17, 15) is 9.59 Å². The van der Waals surface area contributed by atoms with Gasteiger partial charge in [-0.3, -0.25) is 9.69 Å². The van der Waals surface area contributed by atoms with Crippen LogP contribution in [0.3, 0.4) is 0 Å². The molecule has 1 aromatic carbocycles. The number of rotatable bonds is 5. The third-order valence-electron chi connectivity index (χ3n) is 4.80. The molecular weight excluding hydrogens is 304 g/mol. The Hall–Kier alpha value is -2.04. The predicted octanol–water partition coefficient (Wildman–Crippen LogP) is 3.18. The molecule has 24 heavy (non-hydrogen) atoms. The van der Waals surface area contributed by atoms with Crippen molar-refractivity contribution < 1.29 is 14.3 Å². The van der Waals surface area contributed by atoms with Gasteiger partial charge in [-0.2, -0.15) is 0 Å². The van der Waals surface area contributed by atoms with Crippen molar-refractivity contribution in [3.05, 3.63) is 29.8 Å². The summed E-state index contributed by atoms with van der Waals surface area (Å²) in [5, 5.41) is 0. The van der Waals surface area contributed by atoms with Gasteiger partial charge in [0, 0.05) is 13.1 Å². The Labute approximate surface area is 143 Å². The lowest BCUT2D eigenvalue weighted by Crippen LogP contribution is -2.34. The molecule has 130 valence electrons. The highest BCUT2D eigenvalue weighted by molar-refractivity contribution is 6.04. The second-order valence-corrected chi connectivity index (χ2v) is 7.60. The summed E-state index contributed by atoms with van der Waals surface area (Å²) in [6, 6.07) is 7.78. The van der Waals surface area contributed by atoms with Crippen molar-refractivity contribution in [1.82, 2.24) is 9.80 Å². The molecule has 0 aromatic heterocycles. The quantitative estimate of drug-likeness (QED) is 0.615. The summed E-state index contributed by atoms with van der Waals surface area (Å²) in [6.45, 7) is 8.18. The molecule has 0 radical (unpaired) electrons. The largest absolute Gasteiger partial charge is 0.494 e. The van der Waals surface area contributed by atoms with Crippen molar-refractivity contribution in [2.75, 3.05) is 19.7 Å². The van der Waals surface area contributed by atoms with E-state index in [0.717, 1.165) is 18.6 Å². The molecule has 5 nitrogen and oxygen atoms in total. The number of hydrogen-bond acceptors (Lipinski definition) is 3. The first-order valence-corrected chi connectivity index (χ1v) is 8.73. The lowest BCUT2D eigenvalue weighted by Gasteiger charge is -2.19. The number of carbonyl (C=O) groups excluding carboxylic acids is 2. The fourth-order valence-corrected chi connectivity index (χ4v) is 3.35. The van der Waals surface area contributed by atoms with Crippen molar-refractivity contribution in [3.8, 4) is 5.75 Å². The average Bonchev–Trinajstić information content (AvgIpc) is 3.10. The second kappa shape index (κ2) is 6.46. The van der Waals surface area contributed by atoms with Gasteiger partial charge in [-0.1, -0.05) is 32.9 Å². The summed E-state index contributed by atoms with van der Waals surface area (Å²) in [7, 11) is 0. The zero-order valence-corrected chi connectivity index (χ0v) is 14.7. The summed E-state index contributed by atoms with van der Waals surface area (Å²) < 4.78 is 5.74. The van der Waals surface area contributed by atoms with Gasteiger partial charge in [0.1, 0.15) is 11.8 Å². The normalized spacial score (nSPS) is 20.7. The molecule has 2 aliphatic heterocycles. The van der Waals surface area contributed by atoms with Crippen LogP contribution in [-0.2, 0) is 10.2 Å². The predicted molar refractivity (Wildman–Crippen MR) is 92.1 cm³/mol. The minimum Gasteiger partial charge on any atom is -0.494 e. The van der Waals surface area contributed by atoms with Gasteiger partial charge in [-0.05, 0) is 42.4 Å². The van der Waals surface area contributed by atoms with Gasteiger partial charge in [0.15, 0.2) is 0 Å². The number of imide groups is 1. The summed E-state index contributed by atoms with van der Waals surface area (Å²) in [6.07, 6.45) is 2.39. The van der Waals surface area contributed by atoms with Gasteiger partial charge in [-0.25, -0.2) is 4.79 Å². The molecule has 1 aromatic rings. The van der Waals surface area contributed by atoms with Crippen LogP contribution in [0.2, 0.25) is 0 Å². The molecule has 1 atom stereocenters. The molecule has 5 heteroatoms. The Balaban J connectivity index is 1.46. The van der Waals surface area contributed by atoms with Crippen LogP contribution >= 0.6 is 0 Å². The van der Waals surface area contributed by atoms with Crippen molar-refractivity contribution in [1.29, 1.82) is 0 Å². The number of ether oxygens (including phenoxy) is 1. The Morgan fingerprint density at radius 3 is 2.50 bits per heavy atom. The van der Waals surface area contributed by atoms with Crippen molar-refractivity contribution in [3.63, 3.8) is 0 Å². The van der Waals surface area contributed by atoms with Gasteiger partial charge in [0.2, 0.25) is 0 Å². The van der Waals surface area contributed by atoms with E-state index in [-0.39, 0.29) is 23.4 Å². The maximum atomic E-state index is 12.2. The van der Waals surface area contributed by atoms with E-state index in [1.807, 2.05) is 12.1 Å². The zero-order chi connectivity index (χ0) is 17.3. The standard InChI is InChI=1S/C19H26N2O3/c1-19(2,3)14-7-9-15(10-8-14)24-13-5-12-21-17(22)16-6-4-11-20(16)18(21)23/h7-10,16H,4-6,11-13H2,1-3H3. The highest BCUT2D eigenvalue weighted by Gasteiger charge is 2.46. The maximum absolute atomic E-state index is 12.2. The van der Waals surface area contributed by atoms with Crippen LogP contribution in [0.1, 0.15) is 45.6 Å². The molecule has 1 unspecified atom stereocenters. The lowest BCUT2D eigenvalue weighted by molar-refractivity contribution is -0.128. The number of fused-ring (bicyclic) bond motifs is 1. The van der Waals surface area contributed by atoms with Crippen LogP contribution < -0.4 is 4.74 Å². The Morgan fingerprint density at radius 2 is 1.88 bits per heavy atom. The molecule has 0 bridgehead atoms. The first-order valence-electron chi connectivity index (χ1n) is 8.73. The minimum atomic E-state index is -0.205. The maximum Gasteiger partial charge on any atom is 0.327 e. The number of urea groups is 1. The van der Waals surface area contributed by atoms with E-state index in [1.54, 1.807) is 4.90 Å². The molecular formula is C19H26N2O3. The molecule has 2 fully saturated rings. The molecule has 0 spiro atoms. The zero-order valence-electron chi connectivity index (χ0n) is 14.7. The second-order valence-electron chi connectivity index (χ2n) is 7.60. The molecule has 2 aliphatic rings. The Kier molecular flexibility index (Phi) is 4.52. The number of amides is 3. The highest BCUT2D eigenvalue weighted by Crippen LogP contribution is 2.27. The highest BCUT2D eigenvalue weighted by atomic mass is 16.5. The van der Waals surface area contributed by atoms with Crippen molar-refractivity contribution in [2.24, 2.45) is 0 Å². The Bertz CT molecular complexity index is 596. The molecule has 0 saturated carbocycles. The van der Waals surface area contributed by atoms with E-state index in [2.05, 4.69) is 32.9 Å². The smallest absolute Gasteiger partial charge is 0.327 e. The fourth-order valence-electron chi connectivity index (χ4n) is 3.35. The van der Waals surface area contributed by atoms with Crippen LogP contribution in [0.15, 0.2) is 24.3 Å². The topological polar surface area (TPSA) is 49.9 Å². The molecule has 2 saturated heterocycles. The SMILES string of the molecule is CC(C)(C)c1ccc(OCCCN2C(=O)C3CCCN3C2=O)cc1. The molecule has 0 aliphatic carbocycles. The molecule has 0 N–H and O–H groups in total. The summed E-state index contributed by atoms with van der Waals surface area (Å²) >= 11 is 0. The van der Waals surface area contributed by atoms with Gasteiger partial charge in [0.05, 0.1) is 6.61 Å².